The topological polar surface area (TPSA) is 61.0 Å². The molecule has 2 heterocycles. The molecule has 3 aromatic rings. The first-order chi connectivity index (χ1) is 12.7. The number of aromatic nitrogens is 2. The van der Waals surface area contributed by atoms with Crippen molar-refractivity contribution in [1.29, 1.82) is 0 Å². The average Bonchev–Trinajstić information content (AvgIpc) is 3.13. The number of thioether (sulfide) groups is 1. The van der Waals surface area contributed by atoms with Gasteiger partial charge in [-0.2, -0.15) is 0 Å². The minimum absolute atomic E-state index is 0.0392. The lowest BCUT2D eigenvalue weighted by molar-refractivity contribution is 0.191. The van der Waals surface area contributed by atoms with Crippen molar-refractivity contribution < 1.29 is 4.79 Å². The molecular formula is C20H22N4OS. The van der Waals surface area contributed by atoms with E-state index in [2.05, 4.69) is 10.3 Å². The maximum Gasteiger partial charge on any atom is 0.321 e. The van der Waals surface area contributed by atoms with Crippen molar-refractivity contribution in [1.82, 2.24) is 14.9 Å². The van der Waals surface area contributed by atoms with Crippen LogP contribution >= 0.6 is 11.8 Å². The number of amides is 2. The maximum atomic E-state index is 12.6. The molecular weight excluding hydrogens is 344 g/mol. The van der Waals surface area contributed by atoms with Gasteiger partial charge in [-0.3, -0.25) is 0 Å². The van der Waals surface area contributed by atoms with E-state index in [4.69, 9.17) is 4.98 Å². The zero-order valence-corrected chi connectivity index (χ0v) is 15.6. The molecule has 5 nitrogen and oxygen atoms in total. The number of imidazole rings is 1. The summed E-state index contributed by atoms with van der Waals surface area (Å²) in [5.41, 5.74) is 2.87. The van der Waals surface area contributed by atoms with Crippen LogP contribution in [0, 0.1) is 0 Å². The molecule has 0 bridgehead atoms. The second-order valence-electron chi connectivity index (χ2n) is 6.58. The third-order valence-corrected chi connectivity index (χ3v) is 5.59. The van der Waals surface area contributed by atoms with E-state index in [0.717, 1.165) is 41.9 Å². The number of piperidine rings is 1. The molecule has 0 radical (unpaired) electrons. The van der Waals surface area contributed by atoms with Crippen molar-refractivity contribution in [3.8, 4) is 0 Å². The van der Waals surface area contributed by atoms with Crippen molar-refractivity contribution in [3.63, 3.8) is 0 Å². The fourth-order valence-electron chi connectivity index (χ4n) is 3.43. The van der Waals surface area contributed by atoms with Gasteiger partial charge in [0.25, 0.3) is 0 Å². The Hall–Kier alpha value is -2.47. The summed E-state index contributed by atoms with van der Waals surface area (Å²) < 4.78 is 0. The van der Waals surface area contributed by atoms with Crippen LogP contribution in [0.2, 0.25) is 0 Å². The number of anilines is 1. The van der Waals surface area contributed by atoms with Gasteiger partial charge >= 0.3 is 6.03 Å². The highest BCUT2D eigenvalue weighted by Gasteiger charge is 2.26. The predicted molar refractivity (Wildman–Crippen MR) is 107 cm³/mol. The number of carbonyl (C=O) groups is 1. The summed E-state index contributed by atoms with van der Waals surface area (Å²) in [4.78, 5) is 23.9. The summed E-state index contributed by atoms with van der Waals surface area (Å²) >= 11 is 1.69. The molecule has 6 heteroatoms. The molecule has 2 amide bonds. The Bertz CT molecular complexity index is 873. The van der Waals surface area contributed by atoms with E-state index < -0.39 is 0 Å². The van der Waals surface area contributed by atoms with Gasteiger partial charge in [-0.05, 0) is 55.5 Å². The highest BCUT2D eigenvalue weighted by atomic mass is 32.2. The van der Waals surface area contributed by atoms with E-state index in [1.54, 1.807) is 11.8 Å². The summed E-state index contributed by atoms with van der Waals surface area (Å²) in [6.07, 6.45) is 4.08. The second kappa shape index (κ2) is 7.41. The largest absolute Gasteiger partial charge is 0.342 e. The quantitative estimate of drug-likeness (QED) is 0.661. The number of aromatic amines is 1. The Labute approximate surface area is 157 Å². The van der Waals surface area contributed by atoms with Crippen molar-refractivity contribution in [2.45, 2.75) is 23.7 Å². The van der Waals surface area contributed by atoms with Gasteiger partial charge in [0, 0.05) is 29.6 Å². The fraction of sp³-hybridized carbons (Fsp3) is 0.300. The van der Waals surface area contributed by atoms with Crippen LogP contribution in [0.4, 0.5) is 10.5 Å². The molecule has 134 valence electrons. The third kappa shape index (κ3) is 3.55. The van der Waals surface area contributed by atoms with E-state index in [-0.39, 0.29) is 11.9 Å². The maximum absolute atomic E-state index is 12.6. The monoisotopic (exact) mass is 366 g/mol. The molecule has 1 atom stereocenters. The van der Waals surface area contributed by atoms with Crippen molar-refractivity contribution in [2.24, 2.45) is 0 Å². The Morgan fingerprint density at radius 3 is 2.81 bits per heavy atom. The zero-order chi connectivity index (χ0) is 17.9. The van der Waals surface area contributed by atoms with Gasteiger partial charge in [0.05, 0.1) is 11.0 Å². The first-order valence-electron chi connectivity index (χ1n) is 8.87. The number of carbonyl (C=O) groups excluding carboxylic acids is 1. The van der Waals surface area contributed by atoms with E-state index in [0.29, 0.717) is 6.54 Å². The van der Waals surface area contributed by atoms with Gasteiger partial charge in [-0.25, -0.2) is 9.78 Å². The lowest BCUT2D eigenvalue weighted by Crippen LogP contribution is -2.41. The molecule has 0 saturated carbocycles. The molecule has 1 unspecified atom stereocenters. The van der Waals surface area contributed by atoms with Gasteiger partial charge in [-0.15, -0.1) is 11.8 Å². The normalized spacial score (nSPS) is 17.4. The average molecular weight is 366 g/mol. The number of para-hydroxylation sites is 2. The minimum atomic E-state index is -0.0392. The number of nitrogens with one attached hydrogen (secondary N) is 2. The number of likely N-dealkylation sites (tertiary alicyclic amines) is 1. The van der Waals surface area contributed by atoms with Crippen LogP contribution in [-0.4, -0.2) is 40.2 Å². The summed E-state index contributed by atoms with van der Waals surface area (Å²) in [7, 11) is 0. The Balaban J connectivity index is 1.44. The predicted octanol–water partition coefficient (Wildman–Crippen LogP) is 4.70. The first-order valence-corrected chi connectivity index (χ1v) is 10.1. The number of fused-ring (bicyclic) bond motifs is 1. The smallest absolute Gasteiger partial charge is 0.321 e. The molecule has 1 aliphatic rings. The van der Waals surface area contributed by atoms with Gasteiger partial charge in [0.1, 0.15) is 5.82 Å². The van der Waals surface area contributed by atoms with Crippen LogP contribution in [0.5, 0.6) is 0 Å². The molecule has 0 aliphatic carbocycles. The number of nitrogens with zero attached hydrogens (tertiary/aromatic N) is 2. The number of H-pyrrole nitrogens is 1. The summed E-state index contributed by atoms with van der Waals surface area (Å²) in [5, 5.41) is 3.01. The fourth-order valence-corrected chi connectivity index (χ4v) is 3.84. The molecule has 0 spiro atoms. The Morgan fingerprint density at radius 1 is 1.23 bits per heavy atom. The molecule has 1 aromatic heterocycles. The van der Waals surface area contributed by atoms with Gasteiger partial charge in [0.2, 0.25) is 0 Å². The van der Waals surface area contributed by atoms with Crippen LogP contribution in [0.3, 0.4) is 0 Å². The van der Waals surface area contributed by atoms with E-state index in [1.807, 2.05) is 59.7 Å². The highest BCUT2D eigenvalue weighted by molar-refractivity contribution is 7.98. The zero-order valence-electron chi connectivity index (χ0n) is 14.7. The number of urea groups is 1. The first kappa shape index (κ1) is 17.0. The van der Waals surface area contributed by atoms with Gasteiger partial charge in [-0.1, -0.05) is 12.1 Å². The van der Waals surface area contributed by atoms with E-state index in [9.17, 15) is 4.79 Å². The second-order valence-corrected chi connectivity index (χ2v) is 7.46. The van der Waals surface area contributed by atoms with Crippen LogP contribution in [0.1, 0.15) is 24.6 Å². The molecule has 1 aliphatic heterocycles. The van der Waals surface area contributed by atoms with Crippen LogP contribution in [0.15, 0.2) is 53.4 Å². The minimum Gasteiger partial charge on any atom is -0.342 e. The van der Waals surface area contributed by atoms with E-state index in [1.165, 1.54) is 4.90 Å². The number of hydrogen-bond acceptors (Lipinski definition) is 3. The number of rotatable bonds is 3. The van der Waals surface area contributed by atoms with Crippen LogP contribution < -0.4 is 5.32 Å². The van der Waals surface area contributed by atoms with Crippen molar-refractivity contribution in [2.75, 3.05) is 24.7 Å². The SMILES string of the molecule is CSc1ccc(NC(=O)N2CCCC(c3nc4ccccc4[nH]3)C2)cc1. The Kier molecular flexibility index (Phi) is 4.84. The van der Waals surface area contributed by atoms with Crippen LogP contribution in [0.25, 0.3) is 11.0 Å². The van der Waals surface area contributed by atoms with Crippen molar-refractivity contribution in [3.05, 3.63) is 54.4 Å². The lowest BCUT2D eigenvalue weighted by Gasteiger charge is -2.31. The molecule has 2 N–H and O–H groups in total. The molecule has 1 saturated heterocycles. The Morgan fingerprint density at radius 2 is 2.04 bits per heavy atom. The van der Waals surface area contributed by atoms with Gasteiger partial charge < -0.3 is 15.2 Å². The van der Waals surface area contributed by atoms with E-state index >= 15 is 0 Å². The molecule has 1 fully saturated rings. The van der Waals surface area contributed by atoms with Gasteiger partial charge in [0.15, 0.2) is 0 Å². The highest BCUT2D eigenvalue weighted by Crippen LogP contribution is 2.27. The lowest BCUT2D eigenvalue weighted by atomic mass is 9.97. The van der Waals surface area contributed by atoms with Crippen LogP contribution in [-0.2, 0) is 0 Å². The van der Waals surface area contributed by atoms with Crippen molar-refractivity contribution >= 4 is 34.5 Å². The summed E-state index contributed by atoms with van der Waals surface area (Å²) in [6, 6.07) is 16.0. The number of benzene rings is 2. The molecule has 26 heavy (non-hydrogen) atoms. The standard InChI is InChI=1S/C20H22N4OS/c1-26-16-10-8-15(9-11-16)21-20(25)24-12-4-5-14(13-24)19-22-17-6-2-3-7-18(17)23-19/h2-3,6-11,14H,4-5,12-13H2,1H3,(H,21,25)(H,22,23). The molecule has 4 rings (SSSR count). The number of hydrogen-bond donors (Lipinski definition) is 2. The molecule has 2 aromatic carbocycles. The summed E-state index contributed by atoms with van der Waals surface area (Å²) in [6.45, 7) is 1.47. The third-order valence-electron chi connectivity index (χ3n) is 4.84. The summed E-state index contributed by atoms with van der Waals surface area (Å²) in [5.74, 6) is 1.23.